The third-order valence-corrected chi connectivity index (χ3v) is 3.48. The van der Waals surface area contributed by atoms with E-state index in [9.17, 15) is 9.18 Å². The lowest BCUT2D eigenvalue weighted by atomic mass is 10.2. The minimum absolute atomic E-state index is 0.161. The fourth-order valence-electron chi connectivity index (χ4n) is 1.87. The molecule has 1 aromatic carbocycles. The van der Waals surface area contributed by atoms with Gasteiger partial charge >= 0.3 is 0 Å². The molecule has 104 valence electrons. The van der Waals surface area contributed by atoms with Crippen molar-refractivity contribution < 1.29 is 18.7 Å². The van der Waals surface area contributed by atoms with Crippen LogP contribution in [-0.4, -0.2) is 24.7 Å². The summed E-state index contributed by atoms with van der Waals surface area (Å²) in [5.74, 6) is 4.92. The zero-order valence-corrected chi connectivity index (χ0v) is 11.7. The van der Waals surface area contributed by atoms with E-state index in [1.165, 1.54) is 6.07 Å². The second-order valence-corrected chi connectivity index (χ2v) is 5.07. The zero-order valence-electron chi connectivity index (χ0n) is 10.1. The lowest BCUT2D eigenvalue weighted by Gasteiger charge is -2.14. The van der Waals surface area contributed by atoms with Crippen molar-refractivity contribution in [3.05, 3.63) is 28.5 Å². The van der Waals surface area contributed by atoms with Gasteiger partial charge in [0.2, 0.25) is 0 Å². The molecule has 7 heteroatoms. The maximum atomic E-state index is 13.0. The summed E-state index contributed by atoms with van der Waals surface area (Å²) in [5.41, 5.74) is 2.06. The Hall–Kier alpha value is -1.18. The Labute approximate surface area is 118 Å². The van der Waals surface area contributed by atoms with Gasteiger partial charge in [-0.2, -0.15) is 0 Å². The fourth-order valence-corrected chi connectivity index (χ4v) is 2.23. The first-order valence-electron chi connectivity index (χ1n) is 5.84. The summed E-state index contributed by atoms with van der Waals surface area (Å²) in [6, 6.07) is 4.41. The molecular formula is C12H14BrFN2O3. The highest BCUT2D eigenvalue weighted by Gasteiger charge is 2.30. The Kier molecular flexibility index (Phi) is 4.73. The van der Waals surface area contributed by atoms with Gasteiger partial charge in [0, 0.05) is 0 Å². The standard InChI is InChI=1S/C12H14BrFN2O3/c13-9-5-7(1-3-10(9)14)18-6-8-2-4-11(19-8)12(17)16-15/h1,3,5,8,11H,2,4,6,15H2,(H,16,17). The van der Waals surface area contributed by atoms with Gasteiger partial charge in [-0.1, -0.05) is 0 Å². The van der Waals surface area contributed by atoms with Crippen LogP contribution in [0.5, 0.6) is 5.75 Å². The van der Waals surface area contributed by atoms with Gasteiger partial charge in [0.05, 0.1) is 10.6 Å². The lowest BCUT2D eigenvalue weighted by molar-refractivity contribution is -0.132. The number of carbonyl (C=O) groups excluding carboxylic acids is 1. The molecule has 0 saturated carbocycles. The number of carbonyl (C=O) groups is 1. The van der Waals surface area contributed by atoms with Crippen LogP contribution in [0, 0.1) is 5.82 Å². The maximum Gasteiger partial charge on any atom is 0.263 e. The number of ether oxygens (including phenoxy) is 2. The molecule has 19 heavy (non-hydrogen) atoms. The van der Waals surface area contributed by atoms with Crippen molar-refractivity contribution in [3.63, 3.8) is 0 Å². The Balaban J connectivity index is 1.83. The molecule has 2 unspecified atom stereocenters. The van der Waals surface area contributed by atoms with E-state index < -0.39 is 6.10 Å². The number of halogens is 2. The molecular weight excluding hydrogens is 319 g/mol. The van der Waals surface area contributed by atoms with E-state index in [1.54, 1.807) is 12.1 Å². The molecule has 1 aromatic rings. The summed E-state index contributed by atoms with van der Waals surface area (Å²) in [4.78, 5) is 11.3. The highest BCUT2D eigenvalue weighted by Crippen LogP contribution is 2.24. The monoisotopic (exact) mass is 332 g/mol. The molecule has 5 nitrogen and oxygen atoms in total. The molecule has 0 spiro atoms. The minimum Gasteiger partial charge on any atom is -0.491 e. The molecule has 1 saturated heterocycles. The number of benzene rings is 1. The van der Waals surface area contributed by atoms with Crippen molar-refractivity contribution in [1.82, 2.24) is 5.43 Å². The van der Waals surface area contributed by atoms with Crippen LogP contribution in [0.2, 0.25) is 0 Å². The van der Waals surface area contributed by atoms with Crippen LogP contribution in [0.4, 0.5) is 4.39 Å². The molecule has 1 amide bonds. The number of rotatable bonds is 4. The molecule has 1 fully saturated rings. The normalized spacial score (nSPS) is 22.3. The SMILES string of the molecule is NNC(=O)C1CCC(COc2ccc(F)c(Br)c2)O1. The molecule has 2 rings (SSSR count). The van der Waals surface area contributed by atoms with Crippen molar-refractivity contribution in [3.8, 4) is 5.75 Å². The van der Waals surface area contributed by atoms with Crippen molar-refractivity contribution in [2.24, 2.45) is 5.84 Å². The van der Waals surface area contributed by atoms with E-state index in [0.717, 1.165) is 6.42 Å². The van der Waals surface area contributed by atoms with Crippen molar-refractivity contribution in [1.29, 1.82) is 0 Å². The first-order chi connectivity index (χ1) is 9.10. The van der Waals surface area contributed by atoms with Crippen molar-refractivity contribution in [2.45, 2.75) is 25.0 Å². The third kappa shape index (κ3) is 3.65. The molecule has 1 heterocycles. The zero-order chi connectivity index (χ0) is 13.8. The van der Waals surface area contributed by atoms with Gasteiger partial charge in [-0.3, -0.25) is 10.2 Å². The smallest absolute Gasteiger partial charge is 0.263 e. The molecule has 0 radical (unpaired) electrons. The molecule has 3 N–H and O–H groups in total. The topological polar surface area (TPSA) is 73.6 Å². The largest absolute Gasteiger partial charge is 0.491 e. The van der Waals surface area contributed by atoms with Crippen LogP contribution in [0.1, 0.15) is 12.8 Å². The number of hydrogen-bond donors (Lipinski definition) is 2. The third-order valence-electron chi connectivity index (χ3n) is 2.87. The minimum atomic E-state index is -0.515. The van der Waals surface area contributed by atoms with E-state index >= 15 is 0 Å². The quantitative estimate of drug-likeness (QED) is 0.498. The summed E-state index contributed by atoms with van der Waals surface area (Å²) < 4.78 is 24.4. The van der Waals surface area contributed by atoms with E-state index in [4.69, 9.17) is 15.3 Å². The number of amides is 1. The van der Waals surface area contributed by atoms with E-state index in [0.29, 0.717) is 23.2 Å². The van der Waals surface area contributed by atoms with Gasteiger partial charge < -0.3 is 9.47 Å². The van der Waals surface area contributed by atoms with Crippen LogP contribution in [0.3, 0.4) is 0 Å². The molecule has 2 atom stereocenters. The van der Waals surface area contributed by atoms with Gasteiger partial charge in [-0.15, -0.1) is 0 Å². The van der Waals surface area contributed by atoms with Gasteiger partial charge in [-0.05, 0) is 47.0 Å². The summed E-state index contributed by atoms with van der Waals surface area (Å²) >= 11 is 3.08. The summed E-state index contributed by atoms with van der Waals surface area (Å²) in [5, 5.41) is 0. The van der Waals surface area contributed by atoms with Crippen LogP contribution >= 0.6 is 15.9 Å². The average molecular weight is 333 g/mol. The Bertz CT molecular complexity index is 472. The Morgan fingerprint density at radius 1 is 1.58 bits per heavy atom. The van der Waals surface area contributed by atoms with Crippen LogP contribution < -0.4 is 16.0 Å². The highest BCUT2D eigenvalue weighted by molar-refractivity contribution is 9.10. The van der Waals surface area contributed by atoms with Gasteiger partial charge in [-0.25, -0.2) is 10.2 Å². The maximum absolute atomic E-state index is 13.0. The second kappa shape index (κ2) is 6.31. The van der Waals surface area contributed by atoms with Crippen LogP contribution in [0.25, 0.3) is 0 Å². The first kappa shape index (κ1) is 14.2. The van der Waals surface area contributed by atoms with E-state index in [-0.39, 0.29) is 17.8 Å². The summed E-state index contributed by atoms with van der Waals surface area (Å²) in [6.07, 6.45) is 0.662. The predicted octanol–water partition coefficient (Wildman–Crippen LogP) is 1.50. The molecule has 0 aromatic heterocycles. The highest BCUT2D eigenvalue weighted by atomic mass is 79.9. The molecule has 0 aliphatic carbocycles. The first-order valence-corrected chi connectivity index (χ1v) is 6.63. The number of hydrogen-bond acceptors (Lipinski definition) is 4. The summed E-state index contributed by atoms with van der Waals surface area (Å²) in [7, 11) is 0. The van der Waals surface area contributed by atoms with Gasteiger partial charge in [0.25, 0.3) is 5.91 Å². The number of nitrogens with two attached hydrogens (primary N) is 1. The second-order valence-electron chi connectivity index (χ2n) is 4.22. The van der Waals surface area contributed by atoms with Crippen LogP contribution in [-0.2, 0) is 9.53 Å². The van der Waals surface area contributed by atoms with Crippen LogP contribution in [0.15, 0.2) is 22.7 Å². The van der Waals surface area contributed by atoms with Crippen molar-refractivity contribution >= 4 is 21.8 Å². The molecule has 0 bridgehead atoms. The predicted molar refractivity (Wildman–Crippen MR) is 69.8 cm³/mol. The Morgan fingerprint density at radius 2 is 2.37 bits per heavy atom. The van der Waals surface area contributed by atoms with Gasteiger partial charge in [0.1, 0.15) is 24.3 Å². The number of hydrazine groups is 1. The Morgan fingerprint density at radius 3 is 3.05 bits per heavy atom. The van der Waals surface area contributed by atoms with E-state index in [2.05, 4.69) is 21.4 Å². The van der Waals surface area contributed by atoms with E-state index in [1.807, 2.05) is 0 Å². The molecule has 1 aliphatic heterocycles. The summed E-state index contributed by atoms with van der Waals surface area (Å²) in [6.45, 7) is 0.312. The molecule has 1 aliphatic rings. The average Bonchev–Trinajstić information content (AvgIpc) is 2.88. The lowest BCUT2D eigenvalue weighted by Crippen LogP contribution is -2.39. The van der Waals surface area contributed by atoms with Crippen molar-refractivity contribution in [2.75, 3.05) is 6.61 Å². The number of nitrogens with one attached hydrogen (secondary N) is 1. The fraction of sp³-hybridized carbons (Fsp3) is 0.417. The van der Waals surface area contributed by atoms with Gasteiger partial charge in [0.15, 0.2) is 0 Å².